The first-order chi connectivity index (χ1) is 14.9. The molecule has 0 bridgehead atoms. The minimum Gasteiger partial charge on any atom is -0.427 e. The van der Waals surface area contributed by atoms with E-state index in [0.717, 1.165) is 36.0 Å². The van der Waals surface area contributed by atoms with Gasteiger partial charge in [-0.15, -0.1) is 0 Å². The first-order valence-corrected chi connectivity index (χ1v) is 11.8. The van der Waals surface area contributed by atoms with E-state index in [0.29, 0.717) is 11.3 Å². The maximum atomic E-state index is 12.6. The highest BCUT2D eigenvalue weighted by Gasteiger charge is 2.20. The van der Waals surface area contributed by atoms with Gasteiger partial charge in [0.05, 0.1) is 28.7 Å². The van der Waals surface area contributed by atoms with Crippen LogP contribution in [0.1, 0.15) is 29.5 Å². The molecule has 0 amide bonds. The van der Waals surface area contributed by atoms with Crippen molar-refractivity contribution in [1.82, 2.24) is 0 Å². The number of nitriles is 1. The molecule has 0 aliphatic heterocycles. The summed E-state index contributed by atoms with van der Waals surface area (Å²) in [6.45, 7) is 0. The predicted octanol–water partition coefficient (Wildman–Crippen LogP) is 4.48. The van der Waals surface area contributed by atoms with Crippen molar-refractivity contribution >= 4 is 15.8 Å². The minimum absolute atomic E-state index is 0.212. The summed E-state index contributed by atoms with van der Waals surface area (Å²) in [7, 11) is -3.54. The highest BCUT2D eigenvalue weighted by Crippen LogP contribution is 2.26. The summed E-state index contributed by atoms with van der Waals surface area (Å²) < 4.78 is 30.5. The number of fused-ring (bicyclic) bond motifs is 1. The van der Waals surface area contributed by atoms with E-state index in [2.05, 4.69) is 6.07 Å². The van der Waals surface area contributed by atoms with Crippen molar-refractivity contribution in [1.29, 1.82) is 5.26 Å². The van der Waals surface area contributed by atoms with E-state index in [-0.39, 0.29) is 17.1 Å². The normalized spacial score (nSPS) is 12.7. The molecule has 156 valence electrons. The van der Waals surface area contributed by atoms with Gasteiger partial charge in [-0.2, -0.15) is 5.26 Å². The van der Waals surface area contributed by atoms with Crippen molar-refractivity contribution in [2.45, 2.75) is 30.6 Å². The standard InChI is InChI=1S/C25H21NO4S/c26-17-18-4-6-20(7-5-18)21-8-11-23(12-9-21)30-25(27)14-15-31(28,29)24-13-10-19-2-1-3-22(19)16-24/h4-13,16H,1-3,14-15H2. The van der Waals surface area contributed by atoms with Gasteiger partial charge in [0.1, 0.15) is 5.75 Å². The lowest BCUT2D eigenvalue weighted by Gasteiger charge is -2.08. The second kappa shape index (κ2) is 8.75. The van der Waals surface area contributed by atoms with E-state index in [4.69, 9.17) is 10.00 Å². The molecule has 1 aliphatic rings. The summed E-state index contributed by atoms with van der Waals surface area (Å²) in [5, 5.41) is 8.88. The molecule has 0 N–H and O–H groups in total. The van der Waals surface area contributed by atoms with Crippen molar-refractivity contribution in [2.75, 3.05) is 5.75 Å². The van der Waals surface area contributed by atoms with Crippen LogP contribution in [-0.2, 0) is 27.5 Å². The van der Waals surface area contributed by atoms with Gasteiger partial charge < -0.3 is 4.74 Å². The van der Waals surface area contributed by atoms with Crippen LogP contribution in [0.2, 0.25) is 0 Å². The number of hydrogen-bond donors (Lipinski definition) is 0. The summed E-state index contributed by atoms with van der Waals surface area (Å²) in [6.07, 6.45) is 2.73. The van der Waals surface area contributed by atoms with E-state index in [1.54, 1.807) is 36.4 Å². The predicted molar refractivity (Wildman–Crippen MR) is 117 cm³/mol. The Hall–Kier alpha value is -3.43. The summed E-state index contributed by atoms with van der Waals surface area (Å²) in [4.78, 5) is 12.5. The van der Waals surface area contributed by atoms with Crippen LogP contribution in [-0.4, -0.2) is 20.1 Å². The van der Waals surface area contributed by atoms with E-state index in [9.17, 15) is 13.2 Å². The summed E-state index contributed by atoms with van der Waals surface area (Å²) >= 11 is 0. The first kappa shape index (κ1) is 20.8. The lowest BCUT2D eigenvalue weighted by Crippen LogP contribution is -2.15. The Morgan fingerprint density at radius 1 is 0.903 bits per heavy atom. The van der Waals surface area contributed by atoms with Gasteiger partial charge in [0, 0.05) is 0 Å². The van der Waals surface area contributed by atoms with Crippen LogP contribution >= 0.6 is 0 Å². The molecule has 0 radical (unpaired) electrons. The minimum atomic E-state index is -3.54. The number of benzene rings is 3. The van der Waals surface area contributed by atoms with Gasteiger partial charge in [-0.25, -0.2) is 8.42 Å². The Morgan fingerprint density at radius 2 is 1.55 bits per heavy atom. The van der Waals surface area contributed by atoms with Gasteiger partial charge in [-0.3, -0.25) is 4.79 Å². The summed E-state index contributed by atoms with van der Waals surface area (Å²) in [5.74, 6) is -0.512. The molecule has 3 aromatic rings. The van der Waals surface area contributed by atoms with E-state index in [1.807, 2.05) is 30.3 Å². The fourth-order valence-corrected chi connectivity index (χ4v) is 4.98. The third kappa shape index (κ3) is 4.84. The van der Waals surface area contributed by atoms with Crippen LogP contribution in [0, 0.1) is 11.3 Å². The molecular formula is C25H21NO4S. The van der Waals surface area contributed by atoms with Gasteiger partial charge in [0.15, 0.2) is 9.84 Å². The Morgan fingerprint density at radius 3 is 2.23 bits per heavy atom. The first-order valence-electron chi connectivity index (χ1n) is 10.1. The molecule has 6 heteroatoms. The van der Waals surface area contributed by atoms with Crippen LogP contribution in [0.4, 0.5) is 0 Å². The summed E-state index contributed by atoms with van der Waals surface area (Å²) in [6, 6.07) is 21.5. The van der Waals surface area contributed by atoms with Crippen LogP contribution in [0.15, 0.2) is 71.6 Å². The topological polar surface area (TPSA) is 84.2 Å². The van der Waals surface area contributed by atoms with Crippen molar-refractivity contribution in [3.63, 3.8) is 0 Å². The van der Waals surface area contributed by atoms with Gasteiger partial charge in [-0.05, 0) is 77.9 Å². The average Bonchev–Trinajstić information content (AvgIpc) is 3.26. The monoisotopic (exact) mass is 431 g/mol. The van der Waals surface area contributed by atoms with Crippen molar-refractivity contribution in [3.8, 4) is 22.9 Å². The maximum Gasteiger partial charge on any atom is 0.312 e. The van der Waals surface area contributed by atoms with Crippen LogP contribution in [0.3, 0.4) is 0 Å². The van der Waals surface area contributed by atoms with Crippen molar-refractivity contribution < 1.29 is 17.9 Å². The lowest BCUT2D eigenvalue weighted by atomic mass is 10.0. The van der Waals surface area contributed by atoms with Gasteiger partial charge in [-0.1, -0.05) is 30.3 Å². The van der Waals surface area contributed by atoms with E-state index < -0.39 is 15.8 Å². The Balaban J connectivity index is 1.35. The quantitative estimate of drug-likeness (QED) is 0.424. The number of sulfone groups is 1. The highest BCUT2D eigenvalue weighted by molar-refractivity contribution is 7.91. The van der Waals surface area contributed by atoms with Crippen LogP contribution < -0.4 is 4.74 Å². The number of rotatable bonds is 6. The van der Waals surface area contributed by atoms with Crippen molar-refractivity contribution in [2.24, 2.45) is 0 Å². The third-order valence-electron chi connectivity index (χ3n) is 5.44. The smallest absolute Gasteiger partial charge is 0.312 e. The Kier molecular flexibility index (Phi) is 5.88. The van der Waals surface area contributed by atoms with Crippen LogP contribution in [0.5, 0.6) is 5.75 Å². The number of carbonyl (C=O) groups excluding carboxylic acids is 1. The molecule has 31 heavy (non-hydrogen) atoms. The zero-order chi connectivity index (χ0) is 21.8. The average molecular weight is 432 g/mol. The molecular weight excluding hydrogens is 410 g/mol. The largest absolute Gasteiger partial charge is 0.427 e. The van der Waals surface area contributed by atoms with Gasteiger partial charge in [0.2, 0.25) is 0 Å². The van der Waals surface area contributed by atoms with E-state index >= 15 is 0 Å². The molecule has 1 aliphatic carbocycles. The van der Waals surface area contributed by atoms with Gasteiger partial charge >= 0.3 is 5.97 Å². The van der Waals surface area contributed by atoms with E-state index in [1.165, 1.54) is 5.56 Å². The highest BCUT2D eigenvalue weighted by atomic mass is 32.2. The lowest BCUT2D eigenvalue weighted by molar-refractivity contribution is -0.133. The molecule has 0 saturated heterocycles. The maximum absolute atomic E-state index is 12.6. The molecule has 0 saturated carbocycles. The number of aryl methyl sites for hydroxylation is 2. The third-order valence-corrected chi connectivity index (χ3v) is 7.15. The molecule has 4 rings (SSSR count). The van der Waals surface area contributed by atoms with Crippen LogP contribution in [0.25, 0.3) is 11.1 Å². The molecule has 0 fully saturated rings. The molecule has 0 unspecified atom stereocenters. The molecule has 0 heterocycles. The molecule has 3 aromatic carbocycles. The fourth-order valence-electron chi connectivity index (χ4n) is 3.71. The SMILES string of the molecule is N#Cc1ccc(-c2ccc(OC(=O)CCS(=O)(=O)c3ccc4c(c3)CCC4)cc2)cc1. The second-order valence-electron chi connectivity index (χ2n) is 7.54. The number of nitrogens with zero attached hydrogens (tertiary/aromatic N) is 1. The number of esters is 1. The molecule has 5 nitrogen and oxygen atoms in total. The number of ether oxygens (including phenoxy) is 1. The number of carbonyl (C=O) groups is 1. The molecule has 0 spiro atoms. The zero-order valence-electron chi connectivity index (χ0n) is 16.9. The Labute approximate surface area is 181 Å². The summed E-state index contributed by atoms with van der Waals surface area (Å²) in [5.41, 5.74) is 4.75. The van der Waals surface area contributed by atoms with Gasteiger partial charge in [0.25, 0.3) is 0 Å². The fraction of sp³-hybridized carbons (Fsp3) is 0.200. The Bertz CT molecular complexity index is 1250. The number of hydrogen-bond acceptors (Lipinski definition) is 5. The molecule has 0 aromatic heterocycles. The zero-order valence-corrected chi connectivity index (χ0v) is 17.7. The second-order valence-corrected chi connectivity index (χ2v) is 9.65. The van der Waals surface area contributed by atoms with Crippen molar-refractivity contribution in [3.05, 3.63) is 83.4 Å². The molecule has 0 atom stereocenters.